The van der Waals surface area contributed by atoms with Crippen LogP contribution in [-0.2, 0) is 9.59 Å². The number of nitrogens with two attached hydrogens (primary N) is 1. The van der Waals surface area contributed by atoms with E-state index in [1.54, 1.807) is 19.9 Å². The van der Waals surface area contributed by atoms with Gasteiger partial charge in [-0.1, -0.05) is 6.92 Å². The number of piperazine rings is 1. The minimum absolute atomic E-state index is 0.166. The Labute approximate surface area is 121 Å². The molecule has 0 aliphatic carbocycles. The summed E-state index contributed by atoms with van der Waals surface area (Å²) in [4.78, 5) is 41.2. The van der Waals surface area contributed by atoms with Crippen molar-refractivity contribution in [1.82, 2.24) is 15.2 Å². The fourth-order valence-corrected chi connectivity index (χ4v) is 2.29. The van der Waals surface area contributed by atoms with Gasteiger partial charge >= 0.3 is 0 Å². The Morgan fingerprint density at radius 2 is 2.29 bits per heavy atom. The van der Waals surface area contributed by atoms with Crippen molar-refractivity contribution in [2.75, 3.05) is 12.0 Å². The Bertz CT molecular complexity index is 601. The largest absolute Gasteiger partial charge is 0.323 e. The van der Waals surface area contributed by atoms with Gasteiger partial charge in [-0.2, -0.15) is 0 Å². The molecule has 2 heterocycles. The minimum Gasteiger partial charge on any atom is -0.323 e. The van der Waals surface area contributed by atoms with Gasteiger partial charge in [0.2, 0.25) is 11.8 Å². The first-order valence-corrected chi connectivity index (χ1v) is 6.55. The molecule has 1 aliphatic rings. The number of imide groups is 1. The van der Waals surface area contributed by atoms with E-state index in [-0.39, 0.29) is 12.1 Å². The van der Waals surface area contributed by atoms with Crippen molar-refractivity contribution < 1.29 is 14.4 Å². The molecule has 0 spiro atoms. The lowest BCUT2D eigenvalue weighted by molar-refractivity contribution is -0.138. The number of carbonyl (C=O) groups is 3. The predicted molar refractivity (Wildman–Crippen MR) is 75.0 cm³/mol. The van der Waals surface area contributed by atoms with Gasteiger partial charge in [-0.05, 0) is 19.4 Å². The number of aryl methyl sites for hydroxylation is 1. The Morgan fingerprint density at radius 1 is 1.57 bits per heavy atom. The average molecular weight is 291 g/mol. The molecule has 1 saturated heterocycles. The molecule has 1 atom stereocenters. The van der Waals surface area contributed by atoms with Gasteiger partial charge in [0.25, 0.3) is 5.91 Å². The number of nitrogen functional groups attached to an aromatic ring is 1. The molecule has 0 radical (unpaired) electrons. The molecule has 1 aromatic rings. The van der Waals surface area contributed by atoms with E-state index in [1.165, 1.54) is 11.1 Å². The lowest BCUT2D eigenvalue weighted by atomic mass is 10.1. The average Bonchev–Trinajstić information content (AvgIpc) is 2.45. The summed E-state index contributed by atoms with van der Waals surface area (Å²) in [5.74, 6) is 3.99. The van der Waals surface area contributed by atoms with Gasteiger partial charge in [0.15, 0.2) is 0 Å². The predicted octanol–water partition coefficient (Wildman–Crippen LogP) is -0.447. The molecule has 1 aliphatic heterocycles. The molecule has 21 heavy (non-hydrogen) atoms. The van der Waals surface area contributed by atoms with E-state index in [2.05, 4.69) is 15.7 Å². The van der Waals surface area contributed by atoms with Gasteiger partial charge in [-0.15, -0.1) is 0 Å². The Kier molecular flexibility index (Phi) is 4.18. The molecule has 8 nitrogen and oxygen atoms in total. The second kappa shape index (κ2) is 5.88. The monoisotopic (exact) mass is 291 g/mol. The van der Waals surface area contributed by atoms with Gasteiger partial charge in [-0.3, -0.25) is 30.5 Å². The first-order valence-electron chi connectivity index (χ1n) is 6.55. The molecule has 4 N–H and O–H groups in total. The van der Waals surface area contributed by atoms with Crippen molar-refractivity contribution in [3.05, 3.63) is 23.5 Å². The lowest BCUT2D eigenvalue weighted by Gasteiger charge is -2.33. The number of rotatable bonds is 3. The molecular formula is C13H17N5O3. The first kappa shape index (κ1) is 14.9. The van der Waals surface area contributed by atoms with Crippen LogP contribution < -0.4 is 16.6 Å². The van der Waals surface area contributed by atoms with Crippen LogP contribution in [0.3, 0.4) is 0 Å². The maximum Gasteiger partial charge on any atom is 0.258 e. The van der Waals surface area contributed by atoms with Crippen molar-refractivity contribution >= 4 is 23.4 Å². The van der Waals surface area contributed by atoms with E-state index in [0.29, 0.717) is 17.8 Å². The molecule has 1 unspecified atom stereocenters. The van der Waals surface area contributed by atoms with Crippen LogP contribution in [-0.4, -0.2) is 40.2 Å². The number of amides is 3. The maximum absolute atomic E-state index is 12.6. The number of hydrogen-bond acceptors (Lipinski definition) is 6. The van der Waals surface area contributed by atoms with E-state index in [4.69, 9.17) is 5.84 Å². The van der Waals surface area contributed by atoms with Crippen molar-refractivity contribution in [2.24, 2.45) is 5.84 Å². The number of hydrogen-bond donors (Lipinski definition) is 3. The second-order valence-corrected chi connectivity index (χ2v) is 4.79. The zero-order valence-corrected chi connectivity index (χ0v) is 11.8. The van der Waals surface area contributed by atoms with Crippen LogP contribution in [0.4, 0.5) is 5.69 Å². The summed E-state index contributed by atoms with van der Waals surface area (Å²) in [7, 11) is 0. The third kappa shape index (κ3) is 2.84. The molecule has 0 saturated carbocycles. The molecular weight excluding hydrogens is 274 g/mol. The number of anilines is 1. The number of hydrazine groups is 1. The number of carbonyl (C=O) groups excluding carboxylic acids is 3. The fourth-order valence-electron chi connectivity index (χ4n) is 2.29. The Balaban J connectivity index is 2.37. The van der Waals surface area contributed by atoms with E-state index >= 15 is 0 Å². The number of nitrogens with zero attached hydrogens (tertiary/aromatic N) is 2. The summed E-state index contributed by atoms with van der Waals surface area (Å²) < 4.78 is 0. The van der Waals surface area contributed by atoms with Crippen LogP contribution in [0.1, 0.15) is 29.4 Å². The highest BCUT2D eigenvalue weighted by Gasteiger charge is 2.36. The molecule has 8 heteroatoms. The quantitative estimate of drug-likeness (QED) is 0.394. The molecule has 2 rings (SSSR count). The van der Waals surface area contributed by atoms with Crippen molar-refractivity contribution in [1.29, 1.82) is 0 Å². The topological polar surface area (TPSA) is 117 Å². The molecule has 1 aromatic heterocycles. The smallest absolute Gasteiger partial charge is 0.258 e. The molecule has 3 amide bonds. The van der Waals surface area contributed by atoms with Crippen LogP contribution in [0.5, 0.6) is 0 Å². The second-order valence-electron chi connectivity index (χ2n) is 4.79. The van der Waals surface area contributed by atoms with Crippen LogP contribution >= 0.6 is 0 Å². The van der Waals surface area contributed by atoms with Gasteiger partial charge in [-0.25, -0.2) is 0 Å². The summed E-state index contributed by atoms with van der Waals surface area (Å²) in [6.07, 6.45) is 1.80. The SMILES string of the molecule is CCC1C(=O)NC(=O)CN1C(=O)c1cnc(C)cc1NN. The van der Waals surface area contributed by atoms with Gasteiger partial charge in [0.05, 0.1) is 11.3 Å². The van der Waals surface area contributed by atoms with Crippen molar-refractivity contribution in [2.45, 2.75) is 26.3 Å². The number of aromatic nitrogens is 1. The highest BCUT2D eigenvalue weighted by molar-refractivity contribution is 6.08. The Hall–Kier alpha value is -2.48. The third-order valence-corrected chi connectivity index (χ3v) is 3.33. The van der Waals surface area contributed by atoms with Gasteiger partial charge in [0.1, 0.15) is 12.6 Å². The van der Waals surface area contributed by atoms with E-state index in [1.807, 2.05) is 0 Å². The van der Waals surface area contributed by atoms with Gasteiger partial charge in [0, 0.05) is 11.9 Å². The molecule has 0 bridgehead atoms. The van der Waals surface area contributed by atoms with E-state index in [0.717, 1.165) is 0 Å². The highest BCUT2D eigenvalue weighted by Crippen LogP contribution is 2.20. The summed E-state index contributed by atoms with van der Waals surface area (Å²) in [6.45, 7) is 3.37. The maximum atomic E-state index is 12.6. The van der Waals surface area contributed by atoms with Crippen LogP contribution in [0, 0.1) is 6.92 Å². The van der Waals surface area contributed by atoms with Crippen molar-refractivity contribution in [3.63, 3.8) is 0 Å². The summed E-state index contributed by atoms with van der Waals surface area (Å²) in [5, 5.41) is 2.23. The number of pyridine rings is 1. The fraction of sp³-hybridized carbons (Fsp3) is 0.385. The third-order valence-electron chi connectivity index (χ3n) is 3.33. The van der Waals surface area contributed by atoms with Gasteiger partial charge < -0.3 is 10.3 Å². The molecule has 112 valence electrons. The molecule has 1 fully saturated rings. The van der Waals surface area contributed by atoms with E-state index in [9.17, 15) is 14.4 Å². The van der Waals surface area contributed by atoms with Crippen LogP contribution in [0.25, 0.3) is 0 Å². The zero-order valence-electron chi connectivity index (χ0n) is 11.8. The molecule has 0 aromatic carbocycles. The standard InChI is InChI=1S/C13H17N5O3/c1-3-10-12(20)16-11(19)6-18(10)13(21)8-5-15-7(2)4-9(8)17-14/h4-5,10H,3,6,14H2,1-2H3,(H,15,17)(H,16,19,20). The summed E-state index contributed by atoms with van der Waals surface area (Å²) in [5.41, 5.74) is 3.76. The Morgan fingerprint density at radius 3 is 2.90 bits per heavy atom. The first-order chi connectivity index (χ1) is 9.97. The van der Waals surface area contributed by atoms with Crippen LogP contribution in [0.2, 0.25) is 0 Å². The van der Waals surface area contributed by atoms with Crippen LogP contribution in [0.15, 0.2) is 12.3 Å². The lowest BCUT2D eigenvalue weighted by Crippen LogP contribution is -2.59. The number of nitrogens with one attached hydrogen (secondary N) is 2. The zero-order chi connectivity index (χ0) is 15.6. The minimum atomic E-state index is -0.679. The normalized spacial score (nSPS) is 18.4. The summed E-state index contributed by atoms with van der Waals surface area (Å²) >= 11 is 0. The van der Waals surface area contributed by atoms with Crippen molar-refractivity contribution in [3.8, 4) is 0 Å². The highest BCUT2D eigenvalue weighted by atomic mass is 16.2. The van der Waals surface area contributed by atoms with E-state index < -0.39 is 23.8 Å². The summed E-state index contributed by atoms with van der Waals surface area (Å²) in [6, 6.07) is 0.946.